The maximum atomic E-state index is 12.4. The first kappa shape index (κ1) is 12.7. The van der Waals surface area contributed by atoms with Gasteiger partial charge >= 0.3 is 0 Å². The molecule has 2 aromatic rings. The molecule has 0 aromatic heterocycles. The van der Waals surface area contributed by atoms with Gasteiger partial charge in [0.05, 0.1) is 0 Å². The summed E-state index contributed by atoms with van der Waals surface area (Å²) in [6.07, 6.45) is 0. The van der Waals surface area contributed by atoms with Crippen LogP contribution in [0.2, 0.25) is 0 Å². The number of benzene rings is 2. The van der Waals surface area contributed by atoms with Crippen LogP contribution in [0, 0.1) is 0 Å². The normalized spacial score (nSPS) is 14.0. The van der Waals surface area contributed by atoms with Gasteiger partial charge in [0, 0.05) is 40.7 Å². The monoisotopic (exact) mass is 268 g/mol. The van der Waals surface area contributed by atoms with E-state index in [1.54, 1.807) is 12.1 Å². The lowest BCUT2D eigenvalue weighted by atomic mass is 9.93. The van der Waals surface area contributed by atoms with Gasteiger partial charge in [0.15, 0.2) is 0 Å². The molecule has 1 N–H and O–H groups in total. The number of rotatable bonds is 3. The number of carbonyl (C=O) groups is 2. The highest BCUT2D eigenvalue weighted by atomic mass is 16.2. The lowest BCUT2D eigenvalue weighted by Gasteiger charge is -2.26. The van der Waals surface area contributed by atoms with Crippen molar-refractivity contribution in [2.24, 2.45) is 0 Å². The molecule has 4 heteroatoms. The number of nitrogens with one attached hydrogen (secondary N) is 1. The van der Waals surface area contributed by atoms with Gasteiger partial charge in [-0.15, -0.1) is 0 Å². The zero-order chi connectivity index (χ0) is 14.3. The van der Waals surface area contributed by atoms with Gasteiger partial charge in [-0.05, 0) is 32.0 Å². The van der Waals surface area contributed by atoms with Crippen LogP contribution in [0.25, 0.3) is 10.8 Å². The van der Waals surface area contributed by atoms with Gasteiger partial charge < -0.3 is 5.32 Å². The van der Waals surface area contributed by atoms with Crippen molar-refractivity contribution in [3.05, 3.63) is 41.5 Å². The molecular weight excluding hydrogens is 252 g/mol. The lowest BCUT2D eigenvalue weighted by Crippen LogP contribution is -2.40. The average Bonchev–Trinajstić information content (AvgIpc) is 2.46. The highest BCUT2D eigenvalue weighted by Crippen LogP contribution is 2.34. The minimum atomic E-state index is -0.204. The van der Waals surface area contributed by atoms with E-state index in [0.29, 0.717) is 17.7 Å². The third kappa shape index (κ3) is 1.61. The van der Waals surface area contributed by atoms with Crippen molar-refractivity contribution >= 4 is 28.3 Å². The van der Waals surface area contributed by atoms with Crippen molar-refractivity contribution in [1.29, 1.82) is 0 Å². The van der Waals surface area contributed by atoms with E-state index >= 15 is 0 Å². The van der Waals surface area contributed by atoms with Crippen LogP contribution in [-0.4, -0.2) is 29.8 Å². The third-order valence-electron chi connectivity index (χ3n) is 3.68. The van der Waals surface area contributed by atoms with Gasteiger partial charge in [-0.2, -0.15) is 0 Å². The van der Waals surface area contributed by atoms with Crippen LogP contribution in [0.1, 0.15) is 34.6 Å². The topological polar surface area (TPSA) is 49.4 Å². The Kier molecular flexibility index (Phi) is 2.93. The van der Waals surface area contributed by atoms with E-state index in [4.69, 9.17) is 0 Å². The standard InChI is InChI=1S/C16H16N2O2/c1-3-17-13-9-8-12-14-10(13)6-5-7-11(14)15(19)18(4-2)16(12)20/h5-9,17H,3-4H2,1-2H3. The fourth-order valence-corrected chi connectivity index (χ4v) is 2.78. The number of amides is 2. The predicted octanol–water partition coefficient (Wildman–Crippen LogP) is 2.89. The second kappa shape index (κ2) is 4.63. The lowest BCUT2D eigenvalue weighted by molar-refractivity contribution is 0.0619. The number of hydrogen-bond acceptors (Lipinski definition) is 3. The van der Waals surface area contributed by atoms with Gasteiger partial charge in [0.2, 0.25) is 0 Å². The quantitative estimate of drug-likeness (QED) is 0.871. The molecule has 1 aliphatic heterocycles. The van der Waals surface area contributed by atoms with Crippen molar-refractivity contribution in [3.8, 4) is 0 Å². The Hall–Kier alpha value is -2.36. The van der Waals surface area contributed by atoms with E-state index in [0.717, 1.165) is 23.0 Å². The van der Waals surface area contributed by atoms with Crippen LogP contribution < -0.4 is 5.32 Å². The molecule has 0 saturated carbocycles. The zero-order valence-corrected chi connectivity index (χ0v) is 11.6. The summed E-state index contributed by atoms with van der Waals surface area (Å²) in [5.74, 6) is -0.409. The number of hydrogen-bond donors (Lipinski definition) is 1. The molecule has 2 aromatic carbocycles. The molecule has 0 atom stereocenters. The van der Waals surface area contributed by atoms with Crippen molar-refractivity contribution in [2.45, 2.75) is 13.8 Å². The summed E-state index contributed by atoms with van der Waals surface area (Å²) in [7, 11) is 0. The largest absolute Gasteiger partial charge is 0.385 e. The molecule has 1 aliphatic rings. The molecule has 4 nitrogen and oxygen atoms in total. The third-order valence-corrected chi connectivity index (χ3v) is 3.68. The summed E-state index contributed by atoms with van der Waals surface area (Å²) >= 11 is 0. The van der Waals surface area contributed by atoms with Gasteiger partial charge in [-0.3, -0.25) is 14.5 Å². The second-order valence-corrected chi connectivity index (χ2v) is 4.77. The average molecular weight is 268 g/mol. The van der Waals surface area contributed by atoms with Gasteiger partial charge in [0.1, 0.15) is 0 Å². The van der Waals surface area contributed by atoms with Crippen LogP contribution in [0.4, 0.5) is 5.69 Å². The summed E-state index contributed by atoms with van der Waals surface area (Å²) in [5, 5.41) is 4.97. The summed E-state index contributed by atoms with van der Waals surface area (Å²) in [5.41, 5.74) is 2.18. The zero-order valence-electron chi connectivity index (χ0n) is 11.6. The number of nitrogens with zero attached hydrogens (tertiary/aromatic N) is 1. The highest BCUT2D eigenvalue weighted by molar-refractivity contribution is 6.26. The van der Waals surface area contributed by atoms with E-state index in [2.05, 4.69) is 5.32 Å². The Morgan fingerprint density at radius 1 is 1.00 bits per heavy atom. The number of imide groups is 1. The Bertz CT molecular complexity index is 699. The van der Waals surface area contributed by atoms with Crippen LogP contribution in [0.5, 0.6) is 0 Å². The van der Waals surface area contributed by atoms with Crippen molar-refractivity contribution < 1.29 is 9.59 Å². The van der Waals surface area contributed by atoms with Crippen molar-refractivity contribution in [3.63, 3.8) is 0 Å². The molecule has 0 radical (unpaired) electrons. The second-order valence-electron chi connectivity index (χ2n) is 4.77. The maximum Gasteiger partial charge on any atom is 0.261 e. The molecule has 0 fully saturated rings. The molecule has 0 spiro atoms. The molecule has 0 saturated heterocycles. The molecule has 3 rings (SSSR count). The van der Waals surface area contributed by atoms with Crippen LogP contribution in [0.15, 0.2) is 30.3 Å². The molecular formula is C16H16N2O2. The van der Waals surface area contributed by atoms with Gasteiger partial charge in [-0.25, -0.2) is 0 Å². The van der Waals surface area contributed by atoms with Crippen LogP contribution >= 0.6 is 0 Å². The Balaban J connectivity index is 2.35. The highest BCUT2D eigenvalue weighted by Gasteiger charge is 2.31. The fraction of sp³-hybridized carbons (Fsp3) is 0.250. The Labute approximate surface area is 117 Å². The minimum Gasteiger partial charge on any atom is -0.385 e. The van der Waals surface area contributed by atoms with Crippen LogP contribution in [0.3, 0.4) is 0 Å². The molecule has 1 heterocycles. The first-order valence-electron chi connectivity index (χ1n) is 6.84. The van der Waals surface area contributed by atoms with E-state index < -0.39 is 0 Å². The summed E-state index contributed by atoms with van der Waals surface area (Å²) < 4.78 is 0. The first-order chi connectivity index (χ1) is 9.69. The Morgan fingerprint density at radius 2 is 1.70 bits per heavy atom. The number of anilines is 1. The minimum absolute atomic E-state index is 0.204. The van der Waals surface area contributed by atoms with Gasteiger partial charge in [-0.1, -0.05) is 12.1 Å². The molecule has 0 aliphatic carbocycles. The van der Waals surface area contributed by atoms with E-state index in [1.807, 2.05) is 32.0 Å². The maximum absolute atomic E-state index is 12.4. The molecule has 20 heavy (non-hydrogen) atoms. The predicted molar refractivity (Wildman–Crippen MR) is 79.2 cm³/mol. The van der Waals surface area contributed by atoms with Crippen molar-refractivity contribution in [1.82, 2.24) is 4.90 Å². The van der Waals surface area contributed by atoms with Crippen LogP contribution in [-0.2, 0) is 0 Å². The fourth-order valence-electron chi connectivity index (χ4n) is 2.78. The van der Waals surface area contributed by atoms with E-state index in [-0.39, 0.29) is 11.8 Å². The Morgan fingerprint density at radius 3 is 2.35 bits per heavy atom. The SMILES string of the molecule is CCNc1ccc2c3c(cccc13)C(=O)N(CC)C2=O. The summed E-state index contributed by atoms with van der Waals surface area (Å²) in [6.45, 7) is 5.02. The van der Waals surface area contributed by atoms with Crippen molar-refractivity contribution in [2.75, 3.05) is 18.4 Å². The van der Waals surface area contributed by atoms with E-state index in [9.17, 15) is 9.59 Å². The molecule has 2 amide bonds. The summed E-state index contributed by atoms with van der Waals surface area (Å²) in [4.78, 5) is 26.1. The molecule has 102 valence electrons. The first-order valence-corrected chi connectivity index (χ1v) is 6.84. The summed E-state index contributed by atoms with van der Waals surface area (Å²) in [6, 6.07) is 9.32. The van der Waals surface area contributed by atoms with E-state index in [1.165, 1.54) is 4.90 Å². The van der Waals surface area contributed by atoms with Gasteiger partial charge in [0.25, 0.3) is 11.8 Å². The molecule has 0 bridgehead atoms. The molecule has 0 unspecified atom stereocenters. The number of carbonyl (C=O) groups excluding carboxylic acids is 2. The smallest absolute Gasteiger partial charge is 0.261 e.